The summed E-state index contributed by atoms with van der Waals surface area (Å²) in [5.41, 5.74) is 14.2. The lowest BCUT2D eigenvalue weighted by atomic mass is 9.83. The van der Waals surface area contributed by atoms with Crippen molar-refractivity contribution in [3.63, 3.8) is 0 Å². The fourth-order valence-corrected chi connectivity index (χ4v) is 10.1. The van der Waals surface area contributed by atoms with Gasteiger partial charge in [0.15, 0.2) is 0 Å². The molecule has 2 aliphatic heterocycles. The van der Waals surface area contributed by atoms with Gasteiger partial charge in [-0.3, -0.25) is 0 Å². The minimum Gasteiger partial charge on any atom is -0.456 e. The summed E-state index contributed by atoms with van der Waals surface area (Å²) in [5, 5.41) is 9.55. The van der Waals surface area contributed by atoms with Crippen LogP contribution >= 0.6 is 0 Å². The van der Waals surface area contributed by atoms with Gasteiger partial charge in [-0.05, 0) is 124 Å². The van der Waals surface area contributed by atoms with Gasteiger partial charge in [-0.15, -0.1) is 0 Å². The van der Waals surface area contributed by atoms with Gasteiger partial charge in [0.2, 0.25) is 0 Å². The first-order valence-electron chi connectivity index (χ1n) is 20.6. The summed E-state index contributed by atoms with van der Waals surface area (Å²) in [6.45, 7) is 0. The summed E-state index contributed by atoms with van der Waals surface area (Å²) in [5.74, 6) is 3.59. The Morgan fingerprint density at radius 1 is 0.217 bits per heavy atom. The highest BCUT2D eigenvalue weighted by Crippen LogP contribution is 2.52. The average Bonchev–Trinajstić information content (AvgIpc) is 3.31. The van der Waals surface area contributed by atoms with Crippen LogP contribution in [0.1, 0.15) is 0 Å². The molecule has 0 radical (unpaired) electrons. The summed E-state index contributed by atoms with van der Waals surface area (Å²) >= 11 is 0. The minimum absolute atomic E-state index is 0.898. The van der Waals surface area contributed by atoms with E-state index in [-0.39, 0.29) is 0 Å². The molecule has 0 saturated heterocycles. The van der Waals surface area contributed by atoms with Gasteiger partial charge in [0, 0.05) is 21.9 Å². The summed E-state index contributed by atoms with van der Waals surface area (Å²) < 4.78 is 13.0. The molecule has 0 fully saturated rings. The van der Waals surface area contributed by atoms with Gasteiger partial charge in [0.05, 0.1) is 0 Å². The zero-order valence-electron chi connectivity index (χ0n) is 32.4. The van der Waals surface area contributed by atoms with Gasteiger partial charge in [0.25, 0.3) is 0 Å². The van der Waals surface area contributed by atoms with Crippen molar-refractivity contribution in [3.8, 4) is 89.8 Å². The molecule has 278 valence electrons. The van der Waals surface area contributed by atoms with Crippen LogP contribution in [0.5, 0.6) is 23.0 Å². The van der Waals surface area contributed by atoms with Crippen LogP contribution < -0.4 is 9.47 Å². The van der Waals surface area contributed by atoms with Gasteiger partial charge in [-0.1, -0.05) is 170 Å². The van der Waals surface area contributed by atoms with E-state index in [1.165, 1.54) is 88.0 Å². The fraction of sp³-hybridized carbons (Fsp3) is 0. The van der Waals surface area contributed by atoms with Crippen LogP contribution in [-0.4, -0.2) is 0 Å². The molecular weight excluding hydrogens is 729 g/mol. The number of para-hydroxylation sites is 2. The Hall–Kier alpha value is -7.94. The summed E-state index contributed by atoms with van der Waals surface area (Å²) in [6, 6.07) is 74.6. The molecule has 60 heavy (non-hydrogen) atoms. The molecule has 2 aliphatic rings. The molecule has 0 saturated carbocycles. The number of hydrogen-bond acceptors (Lipinski definition) is 2. The first-order valence-corrected chi connectivity index (χ1v) is 20.6. The van der Waals surface area contributed by atoms with Crippen molar-refractivity contribution < 1.29 is 9.47 Å². The second kappa shape index (κ2) is 12.8. The summed E-state index contributed by atoms with van der Waals surface area (Å²) in [7, 11) is 0. The number of fused-ring (bicyclic) bond motifs is 6. The molecule has 0 amide bonds. The molecule has 0 bridgehead atoms. The summed E-state index contributed by atoms with van der Waals surface area (Å²) in [6.07, 6.45) is 0. The van der Waals surface area contributed by atoms with E-state index in [1.54, 1.807) is 0 Å². The Morgan fingerprint density at radius 2 is 0.633 bits per heavy atom. The number of hydrogen-bond donors (Lipinski definition) is 0. The van der Waals surface area contributed by atoms with Crippen LogP contribution in [0.15, 0.2) is 206 Å². The first kappa shape index (κ1) is 33.1. The molecule has 2 heterocycles. The smallest absolute Gasteiger partial charge is 0.135 e. The lowest BCUT2D eigenvalue weighted by Gasteiger charge is -2.23. The molecule has 0 unspecified atom stereocenters. The first-order chi connectivity index (χ1) is 29.8. The number of benzene rings is 11. The maximum atomic E-state index is 6.49. The molecular formula is C58H34O2. The van der Waals surface area contributed by atoms with Crippen molar-refractivity contribution in [2.45, 2.75) is 0 Å². The van der Waals surface area contributed by atoms with E-state index in [9.17, 15) is 0 Å². The summed E-state index contributed by atoms with van der Waals surface area (Å²) in [4.78, 5) is 0. The SMILES string of the molecule is c1ccc(-c2c3ccc(-c4ccc5c6c(cccc46)-c4ccccc4O5)cc3c(-c3ccccc3)c3ccc(-c4ccc5c6c(cccc46)-c4ccccc4O5)cc23)cc1. The second-order valence-corrected chi connectivity index (χ2v) is 15.9. The normalized spacial score (nSPS) is 12.3. The van der Waals surface area contributed by atoms with E-state index in [0.29, 0.717) is 0 Å². The van der Waals surface area contributed by atoms with Crippen molar-refractivity contribution in [3.05, 3.63) is 206 Å². The van der Waals surface area contributed by atoms with Crippen molar-refractivity contribution in [1.82, 2.24) is 0 Å². The lowest BCUT2D eigenvalue weighted by molar-refractivity contribution is 0.487. The predicted molar refractivity (Wildman–Crippen MR) is 249 cm³/mol. The monoisotopic (exact) mass is 762 g/mol. The highest BCUT2D eigenvalue weighted by Gasteiger charge is 2.25. The predicted octanol–water partition coefficient (Wildman–Crippen LogP) is 16.5. The zero-order chi connectivity index (χ0) is 39.3. The molecule has 0 N–H and O–H groups in total. The van der Waals surface area contributed by atoms with Crippen LogP contribution in [0.3, 0.4) is 0 Å². The van der Waals surface area contributed by atoms with E-state index < -0.39 is 0 Å². The quantitative estimate of drug-likeness (QED) is 0.166. The van der Waals surface area contributed by atoms with Gasteiger partial charge >= 0.3 is 0 Å². The van der Waals surface area contributed by atoms with E-state index in [0.717, 1.165) is 44.9 Å². The molecule has 13 rings (SSSR count). The largest absolute Gasteiger partial charge is 0.456 e. The minimum atomic E-state index is 0.898. The number of ether oxygens (including phenoxy) is 2. The topological polar surface area (TPSA) is 18.5 Å². The third-order valence-electron chi connectivity index (χ3n) is 12.7. The Balaban J connectivity index is 1.08. The van der Waals surface area contributed by atoms with Gasteiger partial charge < -0.3 is 9.47 Å². The van der Waals surface area contributed by atoms with Gasteiger partial charge in [-0.25, -0.2) is 0 Å². The van der Waals surface area contributed by atoms with E-state index in [1.807, 2.05) is 12.1 Å². The van der Waals surface area contributed by atoms with Crippen LogP contribution in [0.2, 0.25) is 0 Å². The lowest BCUT2D eigenvalue weighted by Crippen LogP contribution is -1.98. The van der Waals surface area contributed by atoms with Crippen molar-refractivity contribution in [2.24, 2.45) is 0 Å². The van der Waals surface area contributed by atoms with Crippen LogP contribution in [0.4, 0.5) is 0 Å². The zero-order valence-corrected chi connectivity index (χ0v) is 32.4. The molecule has 2 nitrogen and oxygen atoms in total. The molecule has 0 spiro atoms. The maximum Gasteiger partial charge on any atom is 0.135 e. The van der Waals surface area contributed by atoms with E-state index in [4.69, 9.17) is 9.47 Å². The van der Waals surface area contributed by atoms with Crippen LogP contribution in [-0.2, 0) is 0 Å². The Morgan fingerprint density at radius 3 is 1.10 bits per heavy atom. The van der Waals surface area contributed by atoms with Gasteiger partial charge in [-0.2, -0.15) is 0 Å². The third-order valence-corrected chi connectivity index (χ3v) is 12.7. The third kappa shape index (κ3) is 4.82. The van der Waals surface area contributed by atoms with Crippen LogP contribution in [0, 0.1) is 0 Å². The Bertz CT molecular complexity index is 3350. The van der Waals surface area contributed by atoms with Gasteiger partial charge in [0.1, 0.15) is 23.0 Å². The Labute approximate surface area is 347 Å². The molecule has 11 aromatic rings. The Kier molecular flexibility index (Phi) is 7.05. The average molecular weight is 763 g/mol. The highest BCUT2D eigenvalue weighted by atomic mass is 16.5. The second-order valence-electron chi connectivity index (χ2n) is 15.9. The maximum absolute atomic E-state index is 6.49. The van der Waals surface area contributed by atoms with Crippen LogP contribution in [0.25, 0.3) is 110 Å². The molecule has 0 aromatic heterocycles. The van der Waals surface area contributed by atoms with Crippen molar-refractivity contribution in [2.75, 3.05) is 0 Å². The fourth-order valence-electron chi connectivity index (χ4n) is 10.1. The highest BCUT2D eigenvalue weighted by molar-refractivity contribution is 6.23. The standard InChI is InChI=1S/C58H34O2/c1-3-13-35(14-4-1)55-47-27-25-38(40-30-32-54-58-44(40)20-12-22-46(58)42-18-8-10-24-52(42)60-54)34-50(47)56(36-15-5-2-6-16-36)48-28-26-37(33-49(48)55)39-29-31-53-57-43(39)19-11-21-45(57)41-17-7-9-23-51(41)59-53/h1-34H. The molecule has 0 aliphatic carbocycles. The number of rotatable bonds is 4. The molecule has 0 atom stereocenters. The molecule has 2 heteroatoms. The van der Waals surface area contributed by atoms with E-state index in [2.05, 4.69) is 194 Å². The molecule has 11 aromatic carbocycles. The van der Waals surface area contributed by atoms with Crippen molar-refractivity contribution in [1.29, 1.82) is 0 Å². The van der Waals surface area contributed by atoms with Crippen molar-refractivity contribution >= 4 is 43.1 Å². The van der Waals surface area contributed by atoms with E-state index >= 15 is 0 Å².